The Morgan fingerprint density at radius 3 is 2.45 bits per heavy atom. The van der Waals surface area contributed by atoms with E-state index in [2.05, 4.69) is 61.2 Å². The first-order valence-electron chi connectivity index (χ1n) is 11.7. The number of nitrogens with one attached hydrogen (secondary N) is 1. The highest BCUT2D eigenvalue weighted by Crippen LogP contribution is 2.42. The van der Waals surface area contributed by atoms with Crippen LogP contribution in [-0.2, 0) is 6.54 Å². The monoisotopic (exact) mass is 506 g/mol. The lowest BCUT2D eigenvalue weighted by Crippen LogP contribution is -2.33. The predicted molar refractivity (Wildman–Crippen MR) is 135 cm³/mol. The second-order valence-electron chi connectivity index (χ2n) is 9.16. The van der Waals surface area contributed by atoms with Crippen LogP contribution in [0.3, 0.4) is 0 Å². The molecule has 0 atom stereocenters. The van der Waals surface area contributed by atoms with E-state index < -0.39 is 0 Å². The Morgan fingerprint density at radius 2 is 1.68 bits per heavy atom. The van der Waals surface area contributed by atoms with Crippen molar-refractivity contribution in [1.29, 1.82) is 0 Å². The molecule has 2 aromatic rings. The molecule has 5 nitrogen and oxygen atoms in total. The topological polar surface area (TPSA) is 40.5 Å². The quantitative estimate of drug-likeness (QED) is 0.546. The average Bonchev–Trinajstić information content (AvgIpc) is 3.06. The van der Waals surface area contributed by atoms with E-state index in [0.717, 1.165) is 50.5 Å². The Balaban J connectivity index is 1.70. The smallest absolute Gasteiger partial charge is 0.261 e. The Kier molecular flexibility index (Phi) is 8.01. The third-order valence-electron chi connectivity index (χ3n) is 6.83. The van der Waals surface area contributed by atoms with Gasteiger partial charge in [0.2, 0.25) is 0 Å². The zero-order chi connectivity index (χ0) is 21.8. The van der Waals surface area contributed by atoms with E-state index >= 15 is 0 Å². The van der Waals surface area contributed by atoms with Crippen LogP contribution in [0.5, 0.6) is 0 Å². The Hall–Kier alpha value is -1.02. The normalized spacial score (nSPS) is 21.6. The summed E-state index contributed by atoms with van der Waals surface area (Å²) in [4.78, 5) is 17.6. The second kappa shape index (κ2) is 10.7. The van der Waals surface area contributed by atoms with E-state index in [-0.39, 0.29) is 5.91 Å². The molecular formula is C24H35BrN4OS. The fraction of sp³-hybridized carbons (Fsp3) is 0.625. The van der Waals surface area contributed by atoms with Crippen LogP contribution in [0.25, 0.3) is 10.9 Å². The highest BCUT2D eigenvalue weighted by molar-refractivity contribution is 9.10. The number of carbonyl (C=O) groups excluding carboxylic acids is 1. The van der Waals surface area contributed by atoms with Crippen LogP contribution in [-0.4, -0.2) is 66.3 Å². The molecule has 1 aromatic carbocycles. The van der Waals surface area contributed by atoms with Crippen LogP contribution < -0.4 is 4.72 Å². The third-order valence-corrected chi connectivity index (χ3v) is 8.51. The molecule has 0 spiro atoms. The van der Waals surface area contributed by atoms with E-state index in [9.17, 15) is 4.79 Å². The first-order valence-corrected chi connectivity index (χ1v) is 13.4. The van der Waals surface area contributed by atoms with Crippen molar-refractivity contribution in [3.63, 3.8) is 0 Å². The molecule has 0 unspecified atom stereocenters. The molecule has 1 amide bonds. The predicted octanol–water partition coefficient (Wildman–Crippen LogP) is 5.10. The Labute approximate surface area is 199 Å². The highest BCUT2D eigenvalue weighted by atomic mass is 79.9. The van der Waals surface area contributed by atoms with Gasteiger partial charge in [-0.05, 0) is 79.4 Å². The van der Waals surface area contributed by atoms with Gasteiger partial charge in [-0.15, -0.1) is 0 Å². The van der Waals surface area contributed by atoms with Crippen LogP contribution in [0.4, 0.5) is 0 Å². The summed E-state index contributed by atoms with van der Waals surface area (Å²) >= 11 is 5.51. The maximum absolute atomic E-state index is 12.8. The van der Waals surface area contributed by atoms with Crippen molar-refractivity contribution in [3.05, 3.63) is 33.9 Å². The summed E-state index contributed by atoms with van der Waals surface area (Å²) in [6.07, 6.45) is 7.60. The molecule has 1 saturated carbocycles. The van der Waals surface area contributed by atoms with E-state index in [1.165, 1.54) is 65.1 Å². The average molecular weight is 508 g/mol. The number of aromatic nitrogens is 1. The van der Waals surface area contributed by atoms with Gasteiger partial charge in [0.1, 0.15) is 0 Å². The van der Waals surface area contributed by atoms with Gasteiger partial charge in [0.25, 0.3) is 5.91 Å². The molecule has 4 rings (SSSR count). The molecule has 1 aliphatic carbocycles. The number of amides is 1. The molecule has 7 heteroatoms. The number of halogens is 1. The van der Waals surface area contributed by atoms with Crippen molar-refractivity contribution in [2.75, 3.05) is 46.0 Å². The molecule has 170 valence electrons. The zero-order valence-electron chi connectivity index (χ0n) is 18.8. The molecule has 2 heterocycles. The molecule has 1 aliphatic heterocycles. The lowest BCUT2D eigenvalue weighted by Gasteiger charge is -2.23. The minimum atomic E-state index is 0.00700. The van der Waals surface area contributed by atoms with Crippen molar-refractivity contribution < 1.29 is 4.79 Å². The number of hydrogen-bond acceptors (Lipinski definition) is 4. The first-order chi connectivity index (χ1) is 15.0. The number of benzene rings is 1. The van der Waals surface area contributed by atoms with Gasteiger partial charge >= 0.3 is 0 Å². The van der Waals surface area contributed by atoms with Gasteiger partial charge in [-0.2, -0.15) is 0 Å². The lowest BCUT2D eigenvalue weighted by atomic mass is 9.84. The van der Waals surface area contributed by atoms with Crippen LogP contribution >= 0.6 is 27.9 Å². The standard InChI is InChI=1S/C24H35BrN4OS/c1-27-11-6-16-31-26-24(30)19-9-10-20-21(17-19)29(15-14-28(2)13-12-27)23(25)22(20)18-7-4-3-5-8-18/h9-10,17-18H,3-8,11-16H2,1-2H3,(H,26,30). The van der Waals surface area contributed by atoms with Crippen molar-refractivity contribution in [3.8, 4) is 0 Å². The SMILES string of the molecule is CN1CCCSNC(=O)c2ccc3c(C4CCCCC4)c(Br)n(c3c2)CCN(C)CC1. The second-order valence-corrected chi connectivity index (χ2v) is 10.8. The van der Waals surface area contributed by atoms with Crippen LogP contribution in [0.15, 0.2) is 22.8 Å². The molecule has 1 fully saturated rings. The summed E-state index contributed by atoms with van der Waals surface area (Å²) in [5.41, 5.74) is 3.39. The van der Waals surface area contributed by atoms with E-state index in [1.54, 1.807) is 0 Å². The number of nitrogens with zero attached hydrogens (tertiary/aromatic N) is 3. The van der Waals surface area contributed by atoms with Crippen LogP contribution in [0.1, 0.15) is 60.4 Å². The van der Waals surface area contributed by atoms with E-state index in [1.807, 2.05) is 6.07 Å². The zero-order valence-corrected chi connectivity index (χ0v) is 21.2. The van der Waals surface area contributed by atoms with E-state index in [0.29, 0.717) is 5.92 Å². The summed E-state index contributed by atoms with van der Waals surface area (Å²) < 4.78 is 6.66. The number of hydrogen-bond donors (Lipinski definition) is 1. The van der Waals surface area contributed by atoms with Crippen LogP contribution in [0.2, 0.25) is 0 Å². The molecule has 0 radical (unpaired) electrons. The van der Waals surface area contributed by atoms with Crippen molar-refractivity contribution in [2.24, 2.45) is 0 Å². The van der Waals surface area contributed by atoms with Crippen LogP contribution in [0, 0.1) is 0 Å². The molecule has 0 saturated heterocycles. The van der Waals surface area contributed by atoms with Crippen molar-refractivity contribution >= 4 is 44.7 Å². The minimum absolute atomic E-state index is 0.00700. The van der Waals surface area contributed by atoms with Gasteiger partial charge in [0, 0.05) is 42.9 Å². The van der Waals surface area contributed by atoms with Gasteiger partial charge in [0.05, 0.1) is 10.1 Å². The number of fused-ring (bicyclic) bond motifs is 1. The fourth-order valence-electron chi connectivity index (χ4n) is 4.90. The molecular weight excluding hydrogens is 472 g/mol. The minimum Gasteiger partial charge on any atom is -0.334 e. The summed E-state index contributed by atoms with van der Waals surface area (Å²) in [5.74, 6) is 1.55. The maximum Gasteiger partial charge on any atom is 0.261 e. The van der Waals surface area contributed by atoms with E-state index in [4.69, 9.17) is 0 Å². The summed E-state index contributed by atoms with van der Waals surface area (Å²) in [5, 5.41) is 1.31. The molecule has 1 aromatic heterocycles. The summed E-state index contributed by atoms with van der Waals surface area (Å²) in [7, 11) is 4.40. The van der Waals surface area contributed by atoms with Gasteiger partial charge in [-0.3, -0.25) is 9.52 Å². The molecule has 2 bridgehead atoms. The van der Waals surface area contributed by atoms with Gasteiger partial charge in [-0.25, -0.2) is 0 Å². The van der Waals surface area contributed by atoms with Crippen molar-refractivity contribution in [2.45, 2.75) is 51.0 Å². The highest BCUT2D eigenvalue weighted by Gasteiger charge is 2.25. The van der Waals surface area contributed by atoms with Gasteiger partial charge < -0.3 is 14.4 Å². The van der Waals surface area contributed by atoms with Crippen molar-refractivity contribution in [1.82, 2.24) is 19.1 Å². The largest absolute Gasteiger partial charge is 0.334 e. The molecule has 31 heavy (non-hydrogen) atoms. The fourth-order valence-corrected chi connectivity index (χ4v) is 6.43. The molecule has 1 N–H and O–H groups in total. The summed E-state index contributed by atoms with van der Waals surface area (Å²) in [6, 6.07) is 6.29. The van der Waals surface area contributed by atoms with Gasteiger partial charge in [0.15, 0.2) is 0 Å². The van der Waals surface area contributed by atoms with Gasteiger partial charge in [-0.1, -0.05) is 37.3 Å². The summed E-state index contributed by atoms with van der Waals surface area (Å²) in [6.45, 7) is 5.10. The number of likely N-dealkylation sites (N-methyl/N-ethyl adjacent to an activating group) is 2. The number of rotatable bonds is 1. The molecule has 2 aliphatic rings. The maximum atomic E-state index is 12.8. The Morgan fingerprint density at radius 1 is 0.968 bits per heavy atom. The third kappa shape index (κ3) is 5.49. The Bertz CT molecular complexity index is 909. The first kappa shape index (κ1) is 23.1. The number of carbonyl (C=O) groups is 1. The lowest BCUT2D eigenvalue weighted by molar-refractivity contribution is 0.0984.